The average molecular weight is 279 g/mol. The van der Waals surface area contributed by atoms with Crippen LogP contribution in [0.3, 0.4) is 0 Å². The molecule has 19 heavy (non-hydrogen) atoms. The second-order valence-corrected chi connectivity index (χ2v) is 4.59. The van der Waals surface area contributed by atoms with Gasteiger partial charge in [0.2, 0.25) is 0 Å². The normalized spacial score (nSPS) is 10.3. The topological polar surface area (TPSA) is 55.1 Å². The molecule has 0 aliphatic carbocycles. The second kappa shape index (κ2) is 5.28. The van der Waals surface area contributed by atoms with Crippen molar-refractivity contribution in [2.24, 2.45) is 0 Å². The first-order valence-electron chi connectivity index (χ1n) is 5.60. The van der Waals surface area contributed by atoms with E-state index in [9.17, 15) is 9.18 Å². The Morgan fingerprint density at radius 2 is 2.00 bits per heavy atom. The Morgan fingerprint density at radius 3 is 2.63 bits per heavy atom. The number of hydrogen-bond donors (Lipinski definition) is 2. The third-order valence-electron chi connectivity index (χ3n) is 2.70. The molecule has 0 saturated heterocycles. The summed E-state index contributed by atoms with van der Waals surface area (Å²) < 4.78 is 13.3. The first kappa shape index (κ1) is 13.4. The van der Waals surface area contributed by atoms with Gasteiger partial charge in [-0.3, -0.25) is 4.79 Å². The molecule has 3 nitrogen and oxygen atoms in total. The molecule has 2 aromatic rings. The van der Waals surface area contributed by atoms with Crippen LogP contribution in [-0.4, -0.2) is 5.91 Å². The van der Waals surface area contributed by atoms with Crippen molar-refractivity contribution in [3.8, 4) is 0 Å². The van der Waals surface area contributed by atoms with Gasteiger partial charge in [-0.25, -0.2) is 4.39 Å². The number of anilines is 2. The van der Waals surface area contributed by atoms with Crippen molar-refractivity contribution in [3.63, 3.8) is 0 Å². The van der Waals surface area contributed by atoms with Gasteiger partial charge in [-0.05, 0) is 48.9 Å². The Bertz CT molecular complexity index is 643. The zero-order valence-electron chi connectivity index (χ0n) is 10.2. The lowest BCUT2D eigenvalue weighted by molar-refractivity contribution is 0.102. The van der Waals surface area contributed by atoms with Gasteiger partial charge in [0.15, 0.2) is 0 Å². The van der Waals surface area contributed by atoms with E-state index in [0.717, 1.165) is 11.6 Å². The van der Waals surface area contributed by atoms with E-state index < -0.39 is 11.7 Å². The first-order valence-corrected chi connectivity index (χ1v) is 5.97. The lowest BCUT2D eigenvalue weighted by atomic mass is 10.1. The number of carbonyl (C=O) groups excluding carboxylic acids is 1. The fraction of sp³-hybridized carbons (Fsp3) is 0.0714. The van der Waals surface area contributed by atoms with E-state index in [0.29, 0.717) is 10.7 Å². The van der Waals surface area contributed by atoms with Gasteiger partial charge in [-0.15, -0.1) is 0 Å². The predicted octanol–water partition coefficient (Wildman–Crippen LogP) is 3.62. The van der Waals surface area contributed by atoms with Gasteiger partial charge in [0.05, 0.1) is 5.69 Å². The van der Waals surface area contributed by atoms with Crippen LogP contribution in [0.2, 0.25) is 5.02 Å². The number of amides is 1. The van der Waals surface area contributed by atoms with Crippen molar-refractivity contribution in [1.29, 1.82) is 0 Å². The van der Waals surface area contributed by atoms with Crippen LogP contribution in [0.15, 0.2) is 36.4 Å². The standard InChI is InChI=1S/C14H12ClFN2O/c1-8-6-10(15)3-5-13(8)18-14(19)9-2-4-12(17)11(16)7-9/h2-7H,17H2,1H3,(H,18,19). The van der Waals surface area contributed by atoms with Crippen molar-refractivity contribution in [3.05, 3.63) is 58.4 Å². The van der Waals surface area contributed by atoms with Gasteiger partial charge in [0.25, 0.3) is 5.91 Å². The van der Waals surface area contributed by atoms with Crippen LogP contribution in [0.25, 0.3) is 0 Å². The Hall–Kier alpha value is -2.07. The molecule has 0 atom stereocenters. The Labute approximate surface area is 115 Å². The average Bonchev–Trinajstić information content (AvgIpc) is 2.36. The van der Waals surface area contributed by atoms with Gasteiger partial charge < -0.3 is 11.1 Å². The summed E-state index contributed by atoms with van der Waals surface area (Å²) in [7, 11) is 0. The highest BCUT2D eigenvalue weighted by Gasteiger charge is 2.10. The summed E-state index contributed by atoms with van der Waals surface area (Å²) in [6.07, 6.45) is 0. The molecule has 5 heteroatoms. The third kappa shape index (κ3) is 3.03. The van der Waals surface area contributed by atoms with Crippen molar-refractivity contribution in [2.75, 3.05) is 11.1 Å². The van der Waals surface area contributed by atoms with Gasteiger partial charge in [0.1, 0.15) is 5.82 Å². The number of nitrogens with one attached hydrogen (secondary N) is 1. The van der Waals surface area contributed by atoms with Crippen molar-refractivity contribution in [2.45, 2.75) is 6.92 Å². The lowest BCUT2D eigenvalue weighted by Crippen LogP contribution is -2.13. The predicted molar refractivity (Wildman–Crippen MR) is 75.0 cm³/mol. The van der Waals surface area contributed by atoms with Crippen molar-refractivity contribution >= 4 is 28.9 Å². The molecule has 2 rings (SSSR count). The maximum atomic E-state index is 13.3. The third-order valence-corrected chi connectivity index (χ3v) is 2.93. The minimum absolute atomic E-state index is 0.0132. The molecule has 0 radical (unpaired) electrons. The molecule has 0 spiro atoms. The molecule has 2 aromatic carbocycles. The largest absolute Gasteiger partial charge is 0.396 e. The quantitative estimate of drug-likeness (QED) is 0.824. The molecular weight excluding hydrogens is 267 g/mol. The smallest absolute Gasteiger partial charge is 0.255 e. The zero-order valence-corrected chi connectivity index (χ0v) is 11.0. The minimum atomic E-state index is -0.611. The maximum absolute atomic E-state index is 13.3. The number of nitrogen functional groups attached to an aromatic ring is 1. The monoisotopic (exact) mass is 278 g/mol. The first-order chi connectivity index (χ1) is 8.97. The highest BCUT2D eigenvalue weighted by Crippen LogP contribution is 2.21. The number of hydrogen-bond acceptors (Lipinski definition) is 2. The molecule has 98 valence electrons. The summed E-state index contributed by atoms with van der Waals surface area (Å²) in [6, 6.07) is 9.05. The Morgan fingerprint density at radius 1 is 1.26 bits per heavy atom. The SMILES string of the molecule is Cc1cc(Cl)ccc1NC(=O)c1ccc(N)c(F)c1. The summed E-state index contributed by atoms with van der Waals surface area (Å²) in [5, 5.41) is 3.29. The molecule has 0 heterocycles. The van der Waals surface area contributed by atoms with E-state index in [1.54, 1.807) is 18.2 Å². The highest BCUT2D eigenvalue weighted by atomic mass is 35.5. The molecule has 0 saturated carbocycles. The van der Waals surface area contributed by atoms with E-state index in [4.69, 9.17) is 17.3 Å². The number of nitrogens with two attached hydrogens (primary N) is 1. The molecule has 0 aliphatic heterocycles. The van der Waals surface area contributed by atoms with E-state index in [2.05, 4.69) is 5.32 Å². The maximum Gasteiger partial charge on any atom is 0.255 e. The Kier molecular flexibility index (Phi) is 3.71. The zero-order chi connectivity index (χ0) is 14.0. The van der Waals surface area contributed by atoms with Crippen molar-refractivity contribution < 1.29 is 9.18 Å². The number of carbonyl (C=O) groups is 1. The van der Waals surface area contributed by atoms with E-state index in [-0.39, 0.29) is 11.3 Å². The van der Waals surface area contributed by atoms with Crippen LogP contribution in [0.4, 0.5) is 15.8 Å². The summed E-state index contributed by atoms with van der Waals surface area (Å²) in [5.74, 6) is -1.01. The summed E-state index contributed by atoms with van der Waals surface area (Å²) >= 11 is 5.83. The van der Waals surface area contributed by atoms with Gasteiger partial charge >= 0.3 is 0 Å². The van der Waals surface area contributed by atoms with Gasteiger partial charge in [0, 0.05) is 16.3 Å². The van der Waals surface area contributed by atoms with Crippen molar-refractivity contribution in [1.82, 2.24) is 0 Å². The lowest BCUT2D eigenvalue weighted by Gasteiger charge is -2.09. The molecule has 0 aliphatic rings. The molecule has 3 N–H and O–H groups in total. The number of benzene rings is 2. The summed E-state index contributed by atoms with van der Waals surface area (Å²) in [5.41, 5.74) is 7.04. The number of rotatable bonds is 2. The number of aryl methyl sites for hydroxylation is 1. The fourth-order valence-corrected chi connectivity index (χ4v) is 1.86. The molecule has 0 unspecified atom stereocenters. The number of halogens is 2. The van der Waals surface area contributed by atoms with Gasteiger partial charge in [-0.1, -0.05) is 11.6 Å². The molecule has 0 bridgehead atoms. The van der Waals surface area contributed by atoms with E-state index >= 15 is 0 Å². The highest BCUT2D eigenvalue weighted by molar-refractivity contribution is 6.30. The molecule has 1 amide bonds. The van der Waals surface area contributed by atoms with Crippen LogP contribution in [0.5, 0.6) is 0 Å². The molecule has 0 aromatic heterocycles. The van der Waals surface area contributed by atoms with Crippen LogP contribution >= 0.6 is 11.6 Å². The molecular formula is C14H12ClFN2O. The van der Waals surface area contributed by atoms with E-state index in [1.165, 1.54) is 12.1 Å². The van der Waals surface area contributed by atoms with Crippen LogP contribution in [0.1, 0.15) is 15.9 Å². The van der Waals surface area contributed by atoms with Crippen LogP contribution in [0, 0.1) is 12.7 Å². The summed E-state index contributed by atoms with van der Waals surface area (Å²) in [6.45, 7) is 1.82. The van der Waals surface area contributed by atoms with Gasteiger partial charge in [-0.2, -0.15) is 0 Å². The van der Waals surface area contributed by atoms with E-state index in [1.807, 2.05) is 6.92 Å². The Balaban J connectivity index is 2.23. The minimum Gasteiger partial charge on any atom is -0.396 e. The summed E-state index contributed by atoms with van der Waals surface area (Å²) in [4.78, 5) is 12.0. The second-order valence-electron chi connectivity index (χ2n) is 4.15. The van der Waals surface area contributed by atoms with Crippen LogP contribution in [-0.2, 0) is 0 Å². The fourth-order valence-electron chi connectivity index (χ4n) is 1.63. The van der Waals surface area contributed by atoms with Crippen LogP contribution < -0.4 is 11.1 Å². The molecule has 0 fully saturated rings.